The van der Waals surface area contributed by atoms with Crippen LogP contribution in [0, 0.1) is 0 Å². The maximum Gasteiger partial charge on any atom is 0.225 e. The second-order valence-electron chi connectivity index (χ2n) is 7.53. The molecule has 2 heterocycles. The molecule has 1 amide bonds. The third-order valence-electron chi connectivity index (χ3n) is 5.19. The van der Waals surface area contributed by atoms with Crippen molar-refractivity contribution in [3.8, 4) is 0 Å². The number of amides is 1. The van der Waals surface area contributed by atoms with Crippen molar-refractivity contribution >= 4 is 17.6 Å². The lowest BCUT2D eigenvalue weighted by Crippen LogP contribution is -2.40. The number of hydrogen-bond donors (Lipinski definition) is 3. The molecular formula is C23H27N7O. The molecular weight excluding hydrogens is 390 g/mol. The van der Waals surface area contributed by atoms with Gasteiger partial charge >= 0.3 is 0 Å². The van der Waals surface area contributed by atoms with Gasteiger partial charge in [0.25, 0.3) is 0 Å². The van der Waals surface area contributed by atoms with Gasteiger partial charge in [-0.1, -0.05) is 42.5 Å². The second kappa shape index (κ2) is 9.88. The molecule has 0 saturated carbocycles. The van der Waals surface area contributed by atoms with Crippen molar-refractivity contribution in [3.05, 3.63) is 77.9 Å². The minimum Gasteiger partial charge on any atom is -0.357 e. The molecule has 1 aromatic heterocycles. The summed E-state index contributed by atoms with van der Waals surface area (Å²) < 4.78 is 1.80. The van der Waals surface area contributed by atoms with Crippen LogP contribution in [0.5, 0.6) is 0 Å². The summed E-state index contributed by atoms with van der Waals surface area (Å²) >= 11 is 0. The van der Waals surface area contributed by atoms with Gasteiger partial charge in [0.15, 0.2) is 5.96 Å². The largest absolute Gasteiger partial charge is 0.357 e. The fourth-order valence-electron chi connectivity index (χ4n) is 3.74. The van der Waals surface area contributed by atoms with Crippen LogP contribution in [0.15, 0.2) is 66.2 Å². The molecule has 3 N–H and O–H groups in total. The van der Waals surface area contributed by atoms with Crippen LogP contribution in [0.3, 0.4) is 0 Å². The molecule has 0 bridgehead atoms. The van der Waals surface area contributed by atoms with Gasteiger partial charge in [-0.05, 0) is 29.7 Å². The Balaban J connectivity index is 1.40. The molecule has 1 aliphatic rings. The number of hydrogen-bond acceptors (Lipinski definition) is 4. The van der Waals surface area contributed by atoms with Crippen molar-refractivity contribution in [1.82, 2.24) is 25.4 Å². The molecule has 0 fully saturated rings. The zero-order chi connectivity index (χ0) is 21.5. The van der Waals surface area contributed by atoms with E-state index in [0.29, 0.717) is 26.1 Å². The van der Waals surface area contributed by atoms with Crippen molar-refractivity contribution < 1.29 is 4.79 Å². The Morgan fingerprint density at radius 2 is 2.06 bits per heavy atom. The fraction of sp³-hybridized carbons (Fsp3) is 0.304. The van der Waals surface area contributed by atoms with Crippen molar-refractivity contribution in [2.45, 2.75) is 32.4 Å². The molecule has 0 aliphatic carbocycles. The molecule has 160 valence electrons. The molecule has 31 heavy (non-hydrogen) atoms. The smallest absolute Gasteiger partial charge is 0.225 e. The van der Waals surface area contributed by atoms with Gasteiger partial charge in [0.05, 0.1) is 13.1 Å². The van der Waals surface area contributed by atoms with Gasteiger partial charge in [0.2, 0.25) is 5.91 Å². The number of carbonyl (C=O) groups excluding carboxylic acids is 1. The molecule has 1 unspecified atom stereocenters. The highest BCUT2D eigenvalue weighted by Gasteiger charge is 2.24. The van der Waals surface area contributed by atoms with Gasteiger partial charge in [-0.3, -0.25) is 4.79 Å². The quantitative estimate of drug-likeness (QED) is 0.405. The summed E-state index contributed by atoms with van der Waals surface area (Å²) in [6.07, 6.45) is 3.71. The highest BCUT2D eigenvalue weighted by Crippen LogP contribution is 2.31. The minimum absolute atomic E-state index is 0.0524. The van der Waals surface area contributed by atoms with Crippen molar-refractivity contribution in [2.75, 3.05) is 18.4 Å². The summed E-state index contributed by atoms with van der Waals surface area (Å²) in [5, 5.41) is 13.8. The predicted octanol–water partition coefficient (Wildman–Crippen LogP) is 2.51. The van der Waals surface area contributed by atoms with Crippen LogP contribution in [0.2, 0.25) is 0 Å². The van der Waals surface area contributed by atoms with Crippen molar-refractivity contribution in [2.24, 2.45) is 4.99 Å². The van der Waals surface area contributed by atoms with E-state index >= 15 is 0 Å². The first kappa shape index (κ1) is 20.6. The molecule has 4 rings (SSSR count). The van der Waals surface area contributed by atoms with Gasteiger partial charge in [-0.2, -0.15) is 5.10 Å². The molecule has 2 aromatic carbocycles. The number of aliphatic imine (C=N–C) groups is 1. The van der Waals surface area contributed by atoms with E-state index < -0.39 is 0 Å². The van der Waals surface area contributed by atoms with Gasteiger partial charge in [0, 0.05) is 31.1 Å². The lowest BCUT2D eigenvalue weighted by molar-refractivity contribution is -0.116. The maximum atomic E-state index is 12.1. The normalized spacial score (nSPS) is 15.8. The summed E-state index contributed by atoms with van der Waals surface area (Å²) in [6, 6.07) is 16.3. The van der Waals surface area contributed by atoms with Crippen molar-refractivity contribution in [1.29, 1.82) is 0 Å². The first-order chi connectivity index (χ1) is 15.2. The second-order valence-corrected chi connectivity index (χ2v) is 7.53. The van der Waals surface area contributed by atoms with Crippen LogP contribution >= 0.6 is 0 Å². The average Bonchev–Trinajstić information content (AvgIpc) is 3.28. The Labute approximate surface area is 181 Å². The number of nitrogens with zero attached hydrogens (tertiary/aromatic N) is 4. The zero-order valence-electron chi connectivity index (χ0n) is 17.6. The first-order valence-corrected chi connectivity index (χ1v) is 10.5. The van der Waals surface area contributed by atoms with E-state index in [2.05, 4.69) is 50.3 Å². The molecule has 1 aliphatic heterocycles. The van der Waals surface area contributed by atoms with Crippen LogP contribution < -0.4 is 16.0 Å². The Kier molecular flexibility index (Phi) is 6.56. The van der Waals surface area contributed by atoms with Gasteiger partial charge in [-0.15, -0.1) is 0 Å². The summed E-state index contributed by atoms with van der Waals surface area (Å²) in [5.41, 5.74) is 4.33. The number of guanidine groups is 1. The summed E-state index contributed by atoms with van der Waals surface area (Å²) in [7, 11) is 0. The number of para-hydroxylation sites is 1. The zero-order valence-corrected chi connectivity index (χ0v) is 17.6. The topological polar surface area (TPSA) is 96.2 Å². The Morgan fingerprint density at radius 3 is 2.90 bits per heavy atom. The summed E-state index contributed by atoms with van der Waals surface area (Å²) in [4.78, 5) is 20.8. The minimum atomic E-state index is 0.0524. The van der Waals surface area contributed by atoms with Crippen LogP contribution in [-0.2, 0) is 17.9 Å². The maximum absolute atomic E-state index is 12.1. The number of rotatable bonds is 7. The molecule has 0 saturated heterocycles. The SMILES string of the molecule is CCNC(=NCc1cccc(Cn2cncn2)c1)NCC1CC(=O)Nc2ccccc21. The number of nitrogens with one attached hydrogen (secondary N) is 3. The van der Waals surface area contributed by atoms with Crippen LogP contribution in [0.4, 0.5) is 5.69 Å². The van der Waals surface area contributed by atoms with Gasteiger partial charge in [-0.25, -0.2) is 14.7 Å². The van der Waals surface area contributed by atoms with E-state index in [4.69, 9.17) is 4.99 Å². The first-order valence-electron chi connectivity index (χ1n) is 10.5. The monoisotopic (exact) mass is 417 g/mol. The number of fused-ring (bicyclic) bond motifs is 1. The number of carbonyl (C=O) groups is 1. The summed E-state index contributed by atoms with van der Waals surface area (Å²) in [6.45, 7) is 4.68. The molecule has 8 heteroatoms. The Bertz CT molecular complexity index is 1050. The predicted molar refractivity (Wildman–Crippen MR) is 121 cm³/mol. The lowest BCUT2D eigenvalue weighted by Gasteiger charge is -2.26. The van der Waals surface area contributed by atoms with E-state index in [9.17, 15) is 4.79 Å². The van der Waals surface area contributed by atoms with E-state index in [1.807, 2.05) is 31.2 Å². The molecule has 0 spiro atoms. The number of aromatic nitrogens is 3. The van der Waals surface area contributed by atoms with E-state index in [1.54, 1.807) is 11.0 Å². The van der Waals surface area contributed by atoms with Crippen molar-refractivity contribution in [3.63, 3.8) is 0 Å². The highest BCUT2D eigenvalue weighted by molar-refractivity contribution is 5.94. The van der Waals surface area contributed by atoms with Gasteiger partial charge in [0.1, 0.15) is 12.7 Å². The molecule has 8 nitrogen and oxygen atoms in total. The fourth-order valence-corrected chi connectivity index (χ4v) is 3.74. The van der Waals surface area contributed by atoms with Crippen LogP contribution in [0.25, 0.3) is 0 Å². The van der Waals surface area contributed by atoms with Gasteiger partial charge < -0.3 is 16.0 Å². The Hall–Kier alpha value is -3.68. The molecule has 0 radical (unpaired) electrons. The lowest BCUT2D eigenvalue weighted by atomic mass is 9.90. The standard InChI is InChI=1S/C23H27N7O/c1-2-25-23(27-13-19-11-22(31)29-21-9-4-3-8-20(19)21)26-12-17-6-5-7-18(10-17)14-30-16-24-15-28-30/h3-10,15-16,19H,2,11-14H2,1H3,(H,29,31)(H2,25,26,27). The third-order valence-corrected chi connectivity index (χ3v) is 5.19. The van der Waals surface area contributed by atoms with Crippen LogP contribution in [-0.4, -0.2) is 39.7 Å². The summed E-state index contributed by atoms with van der Waals surface area (Å²) in [5.74, 6) is 0.907. The highest BCUT2D eigenvalue weighted by atomic mass is 16.1. The van der Waals surface area contributed by atoms with E-state index in [0.717, 1.165) is 34.9 Å². The third kappa shape index (κ3) is 5.48. The molecule has 1 atom stereocenters. The average molecular weight is 418 g/mol. The van der Waals surface area contributed by atoms with Crippen LogP contribution in [0.1, 0.15) is 36.0 Å². The van der Waals surface area contributed by atoms with E-state index in [1.165, 1.54) is 6.33 Å². The molecule has 3 aromatic rings. The number of benzene rings is 2. The number of anilines is 1. The van der Waals surface area contributed by atoms with E-state index in [-0.39, 0.29) is 11.8 Å². The Morgan fingerprint density at radius 1 is 1.19 bits per heavy atom.